The van der Waals surface area contributed by atoms with E-state index in [0.717, 1.165) is 19.3 Å². The quantitative estimate of drug-likeness (QED) is 0.540. The molecule has 0 bridgehead atoms. The normalized spacial score (nSPS) is 14.5. The van der Waals surface area contributed by atoms with Gasteiger partial charge in [-0.1, -0.05) is 6.42 Å². The fourth-order valence-corrected chi connectivity index (χ4v) is 5.38. The minimum absolute atomic E-state index is 0.00118. The number of ether oxygens (including phenoxy) is 1. The number of carbonyl (C=O) groups is 1. The van der Waals surface area contributed by atoms with Crippen LogP contribution in [0.4, 0.5) is 11.4 Å². The Labute approximate surface area is 193 Å². The Morgan fingerprint density at radius 1 is 0.909 bits per heavy atom. The molecule has 3 rings (SSSR count). The molecule has 0 atom stereocenters. The Balaban J connectivity index is 1.76. The first-order valence-electron chi connectivity index (χ1n) is 10.3. The number of anilines is 2. The third-order valence-corrected chi connectivity index (χ3v) is 7.61. The summed E-state index contributed by atoms with van der Waals surface area (Å²) in [6, 6.07) is 9.40. The van der Waals surface area contributed by atoms with E-state index in [1.54, 1.807) is 0 Å². The summed E-state index contributed by atoms with van der Waals surface area (Å²) in [5.74, 6) is 0.300. The molecule has 0 spiro atoms. The molecule has 1 aliphatic heterocycles. The molecule has 0 aliphatic carbocycles. The van der Waals surface area contributed by atoms with Crippen molar-refractivity contribution >= 4 is 43.2 Å². The van der Waals surface area contributed by atoms with Crippen LogP contribution in [0.1, 0.15) is 32.6 Å². The van der Waals surface area contributed by atoms with Crippen LogP contribution in [0.5, 0.6) is 5.75 Å². The number of nitrogens with zero attached hydrogens (tertiary/aromatic N) is 1. The van der Waals surface area contributed by atoms with E-state index >= 15 is 0 Å². The third-order valence-electron chi connectivity index (χ3n) is 4.84. The monoisotopic (exact) mass is 494 g/mol. The molecule has 0 saturated heterocycles. The van der Waals surface area contributed by atoms with Gasteiger partial charge in [0.15, 0.2) is 0 Å². The summed E-state index contributed by atoms with van der Waals surface area (Å²) in [7, 11) is -6.46. The number of amides is 1. The molecule has 33 heavy (non-hydrogen) atoms. The van der Waals surface area contributed by atoms with Gasteiger partial charge in [0.05, 0.1) is 22.6 Å². The zero-order valence-electron chi connectivity index (χ0n) is 18.3. The number of aliphatic imine (C=N–C) groups is 1. The van der Waals surface area contributed by atoms with E-state index in [2.05, 4.69) is 19.8 Å². The van der Waals surface area contributed by atoms with Crippen molar-refractivity contribution in [3.63, 3.8) is 0 Å². The van der Waals surface area contributed by atoms with Gasteiger partial charge in [-0.25, -0.2) is 16.8 Å². The molecule has 2 aromatic rings. The van der Waals surface area contributed by atoms with Crippen LogP contribution in [0.2, 0.25) is 0 Å². The summed E-state index contributed by atoms with van der Waals surface area (Å²) >= 11 is 0. The van der Waals surface area contributed by atoms with Gasteiger partial charge in [-0.15, -0.1) is 0 Å². The average Bonchev–Trinajstić information content (AvgIpc) is 3.01. The summed E-state index contributed by atoms with van der Waals surface area (Å²) in [5, 5.41) is 2.56. The largest absolute Gasteiger partial charge is 0.495 e. The van der Waals surface area contributed by atoms with E-state index in [1.165, 1.54) is 56.5 Å². The number of benzene rings is 2. The van der Waals surface area contributed by atoms with Crippen molar-refractivity contribution in [2.24, 2.45) is 4.99 Å². The van der Waals surface area contributed by atoms with Gasteiger partial charge in [0.1, 0.15) is 11.6 Å². The topological polar surface area (TPSA) is 143 Å². The molecule has 0 fully saturated rings. The fourth-order valence-electron chi connectivity index (χ4n) is 3.22. The van der Waals surface area contributed by atoms with Crippen molar-refractivity contribution in [1.82, 2.24) is 4.72 Å². The van der Waals surface area contributed by atoms with Crippen LogP contribution in [0, 0.1) is 0 Å². The lowest BCUT2D eigenvalue weighted by Gasteiger charge is -2.13. The van der Waals surface area contributed by atoms with E-state index in [9.17, 15) is 21.6 Å². The van der Waals surface area contributed by atoms with Crippen LogP contribution in [-0.4, -0.2) is 42.2 Å². The smallest absolute Gasteiger partial charge is 0.262 e. The summed E-state index contributed by atoms with van der Waals surface area (Å²) in [4.78, 5) is 15.5. The Hall–Kier alpha value is -3.12. The molecule has 2 aromatic carbocycles. The third kappa shape index (κ3) is 6.45. The van der Waals surface area contributed by atoms with Gasteiger partial charge in [0.25, 0.3) is 20.0 Å². The van der Waals surface area contributed by atoms with Crippen LogP contribution in [-0.2, 0) is 24.8 Å². The number of rotatable bonds is 7. The van der Waals surface area contributed by atoms with Crippen molar-refractivity contribution < 1.29 is 26.4 Å². The highest BCUT2D eigenvalue weighted by atomic mass is 32.2. The first kappa shape index (κ1) is 24.5. The summed E-state index contributed by atoms with van der Waals surface area (Å²) in [5.41, 5.74) is 0.523. The van der Waals surface area contributed by atoms with E-state index in [-0.39, 0.29) is 27.1 Å². The van der Waals surface area contributed by atoms with Gasteiger partial charge in [-0.05, 0) is 49.2 Å². The lowest BCUT2D eigenvalue weighted by Crippen LogP contribution is -2.30. The summed E-state index contributed by atoms with van der Waals surface area (Å²) in [6.07, 6.45) is 3.38. The molecule has 1 aliphatic rings. The van der Waals surface area contributed by atoms with Crippen LogP contribution >= 0.6 is 0 Å². The Bertz CT molecular complexity index is 1260. The van der Waals surface area contributed by atoms with E-state index in [4.69, 9.17) is 4.74 Å². The molecule has 10 nitrogen and oxygen atoms in total. The Morgan fingerprint density at radius 3 is 2.24 bits per heavy atom. The fraction of sp³-hybridized carbons (Fsp3) is 0.333. The minimum atomic E-state index is -3.99. The van der Waals surface area contributed by atoms with Gasteiger partial charge in [0, 0.05) is 31.6 Å². The second kappa shape index (κ2) is 10.2. The number of hydrogen-bond acceptors (Lipinski definition) is 7. The van der Waals surface area contributed by atoms with Crippen molar-refractivity contribution in [3.05, 3.63) is 42.5 Å². The molecule has 12 heteroatoms. The molecule has 0 unspecified atom stereocenters. The number of hydrogen-bond donors (Lipinski definition) is 3. The van der Waals surface area contributed by atoms with Gasteiger partial charge < -0.3 is 10.1 Å². The van der Waals surface area contributed by atoms with Crippen LogP contribution in [0.15, 0.2) is 57.2 Å². The maximum atomic E-state index is 12.8. The molecule has 178 valence electrons. The Morgan fingerprint density at radius 2 is 1.58 bits per heavy atom. The lowest BCUT2D eigenvalue weighted by molar-refractivity contribution is -0.114. The van der Waals surface area contributed by atoms with Crippen LogP contribution in [0.3, 0.4) is 0 Å². The maximum absolute atomic E-state index is 12.8. The molecule has 0 radical (unpaired) electrons. The second-order valence-electron chi connectivity index (χ2n) is 7.42. The summed E-state index contributed by atoms with van der Waals surface area (Å²) < 4.78 is 60.9. The van der Waals surface area contributed by atoms with Gasteiger partial charge >= 0.3 is 0 Å². The number of sulfonamides is 2. The van der Waals surface area contributed by atoms with E-state index in [0.29, 0.717) is 24.5 Å². The number of methoxy groups -OCH3 is 1. The predicted octanol–water partition coefficient (Wildman–Crippen LogP) is 2.71. The van der Waals surface area contributed by atoms with Crippen LogP contribution < -0.4 is 19.5 Å². The summed E-state index contributed by atoms with van der Waals surface area (Å²) in [6.45, 7) is 1.92. The van der Waals surface area contributed by atoms with Crippen molar-refractivity contribution in [2.75, 3.05) is 23.7 Å². The van der Waals surface area contributed by atoms with Crippen molar-refractivity contribution in [2.45, 2.75) is 42.4 Å². The van der Waals surface area contributed by atoms with E-state index in [1.807, 2.05) is 0 Å². The zero-order chi connectivity index (χ0) is 24.1. The highest BCUT2D eigenvalue weighted by Gasteiger charge is 2.20. The zero-order valence-corrected chi connectivity index (χ0v) is 19.9. The first-order valence-corrected chi connectivity index (χ1v) is 13.2. The maximum Gasteiger partial charge on any atom is 0.262 e. The molecule has 3 N–H and O–H groups in total. The van der Waals surface area contributed by atoms with Crippen molar-refractivity contribution in [1.29, 1.82) is 0 Å². The van der Waals surface area contributed by atoms with Crippen LogP contribution in [0.25, 0.3) is 0 Å². The number of amidine groups is 1. The van der Waals surface area contributed by atoms with Gasteiger partial charge in [-0.2, -0.15) is 0 Å². The standard InChI is InChI=1S/C21H26N4O6S2/c1-15(26)23-19-12-11-18(14-20(19)31-2)33(29,30)24-16-7-9-17(10-8-16)32(27,28)25-21-6-4-3-5-13-22-21/h7-12,14,24H,3-6,13H2,1-2H3,(H,22,25)(H,23,26). The Kier molecular flexibility index (Phi) is 7.59. The van der Waals surface area contributed by atoms with E-state index < -0.39 is 20.0 Å². The highest BCUT2D eigenvalue weighted by Crippen LogP contribution is 2.28. The molecule has 0 aromatic heterocycles. The number of carbonyl (C=O) groups excluding carboxylic acids is 1. The average molecular weight is 495 g/mol. The predicted molar refractivity (Wildman–Crippen MR) is 126 cm³/mol. The molecular formula is C21H26N4O6S2. The first-order chi connectivity index (χ1) is 15.6. The molecule has 1 amide bonds. The minimum Gasteiger partial charge on any atom is -0.495 e. The highest BCUT2D eigenvalue weighted by molar-refractivity contribution is 7.92. The second-order valence-corrected chi connectivity index (χ2v) is 10.8. The molecular weight excluding hydrogens is 468 g/mol. The van der Waals surface area contributed by atoms with Gasteiger partial charge in [-0.3, -0.25) is 19.2 Å². The lowest BCUT2D eigenvalue weighted by atomic mass is 10.2. The number of nitrogens with one attached hydrogen (secondary N) is 3. The van der Waals surface area contributed by atoms with Crippen molar-refractivity contribution in [3.8, 4) is 5.75 Å². The molecule has 1 heterocycles. The SMILES string of the molecule is COc1cc(S(=O)(=O)Nc2ccc(S(=O)(=O)NC3=NCCCCC3)cc2)ccc1NC(C)=O. The van der Waals surface area contributed by atoms with Gasteiger partial charge in [0.2, 0.25) is 5.91 Å². The molecule has 0 saturated carbocycles.